The molecule has 1 unspecified atom stereocenters. The molecule has 3 rings (SSSR count). The fourth-order valence-corrected chi connectivity index (χ4v) is 3.17. The van der Waals surface area contributed by atoms with Crippen molar-refractivity contribution in [3.05, 3.63) is 63.9 Å². The molecule has 0 saturated carbocycles. The zero-order valence-corrected chi connectivity index (χ0v) is 15.3. The molecule has 0 bridgehead atoms. The third-order valence-electron chi connectivity index (χ3n) is 4.27. The molecule has 1 fully saturated rings. The van der Waals surface area contributed by atoms with Crippen molar-refractivity contribution in [3.8, 4) is 0 Å². The van der Waals surface area contributed by atoms with Crippen LogP contribution in [0.2, 0.25) is 0 Å². The van der Waals surface area contributed by atoms with E-state index in [2.05, 4.69) is 21.2 Å². The molecule has 2 aromatic rings. The van der Waals surface area contributed by atoms with Crippen LogP contribution in [0.5, 0.6) is 0 Å². The number of hydrogen-bond donors (Lipinski definition) is 1. The monoisotopic (exact) mass is 404 g/mol. The first-order chi connectivity index (χ1) is 11.9. The highest BCUT2D eigenvalue weighted by Crippen LogP contribution is 2.24. The second-order valence-corrected chi connectivity index (χ2v) is 7.19. The maximum absolute atomic E-state index is 13.8. The Balaban J connectivity index is 1.63. The standard InChI is InChI=1S/C19H18BrFN2O2/c1-12-2-4-13(5-3-12)10-23-11-14(8-18(23)24)19(25)22-17-7-6-15(20)9-16(17)21/h2-7,9,14H,8,10-11H2,1H3,(H,22,25). The van der Waals surface area contributed by atoms with Gasteiger partial charge in [-0.05, 0) is 30.7 Å². The normalized spacial score (nSPS) is 17.0. The summed E-state index contributed by atoms with van der Waals surface area (Å²) in [5, 5.41) is 2.58. The molecule has 0 aromatic heterocycles. The second kappa shape index (κ2) is 7.35. The van der Waals surface area contributed by atoms with Gasteiger partial charge < -0.3 is 10.2 Å². The van der Waals surface area contributed by atoms with E-state index in [0.29, 0.717) is 17.6 Å². The number of likely N-dealkylation sites (tertiary alicyclic amines) is 1. The molecule has 1 atom stereocenters. The van der Waals surface area contributed by atoms with Crippen molar-refractivity contribution in [3.63, 3.8) is 0 Å². The van der Waals surface area contributed by atoms with Crippen LogP contribution in [-0.4, -0.2) is 23.3 Å². The summed E-state index contributed by atoms with van der Waals surface area (Å²) in [5.41, 5.74) is 2.31. The molecule has 2 amide bonds. The van der Waals surface area contributed by atoms with Gasteiger partial charge in [-0.1, -0.05) is 45.8 Å². The van der Waals surface area contributed by atoms with Crippen molar-refractivity contribution in [2.75, 3.05) is 11.9 Å². The van der Waals surface area contributed by atoms with Crippen molar-refractivity contribution < 1.29 is 14.0 Å². The minimum atomic E-state index is -0.511. The van der Waals surface area contributed by atoms with Gasteiger partial charge in [0.1, 0.15) is 5.82 Å². The van der Waals surface area contributed by atoms with Crippen LogP contribution in [0.4, 0.5) is 10.1 Å². The van der Waals surface area contributed by atoms with Crippen LogP contribution in [0.15, 0.2) is 46.9 Å². The first-order valence-electron chi connectivity index (χ1n) is 8.01. The molecule has 25 heavy (non-hydrogen) atoms. The Morgan fingerprint density at radius 1 is 1.28 bits per heavy atom. The van der Waals surface area contributed by atoms with Crippen LogP contribution in [0.1, 0.15) is 17.5 Å². The highest BCUT2D eigenvalue weighted by molar-refractivity contribution is 9.10. The van der Waals surface area contributed by atoms with E-state index in [0.717, 1.165) is 11.1 Å². The van der Waals surface area contributed by atoms with Crippen LogP contribution < -0.4 is 5.32 Å². The fourth-order valence-electron chi connectivity index (χ4n) is 2.84. The molecule has 1 aliphatic heterocycles. The molecule has 2 aromatic carbocycles. The van der Waals surface area contributed by atoms with Crippen LogP contribution in [-0.2, 0) is 16.1 Å². The molecule has 1 aliphatic rings. The van der Waals surface area contributed by atoms with Gasteiger partial charge in [-0.2, -0.15) is 0 Å². The van der Waals surface area contributed by atoms with Crippen molar-refractivity contribution in [2.24, 2.45) is 5.92 Å². The number of halogens is 2. The van der Waals surface area contributed by atoms with E-state index >= 15 is 0 Å². The molecular formula is C19H18BrFN2O2. The Morgan fingerprint density at radius 3 is 2.68 bits per heavy atom. The van der Waals surface area contributed by atoms with Gasteiger partial charge in [-0.3, -0.25) is 9.59 Å². The lowest BCUT2D eigenvalue weighted by Crippen LogP contribution is -2.28. The van der Waals surface area contributed by atoms with Crippen LogP contribution in [0.25, 0.3) is 0 Å². The van der Waals surface area contributed by atoms with Crippen LogP contribution in [0.3, 0.4) is 0 Å². The average molecular weight is 405 g/mol. The molecule has 6 heteroatoms. The molecule has 0 aliphatic carbocycles. The summed E-state index contributed by atoms with van der Waals surface area (Å²) in [6.07, 6.45) is 0.149. The first-order valence-corrected chi connectivity index (χ1v) is 8.81. The summed E-state index contributed by atoms with van der Waals surface area (Å²) < 4.78 is 14.4. The van der Waals surface area contributed by atoms with Crippen LogP contribution in [0, 0.1) is 18.7 Å². The summed E-state index contributed by atoms with van der Waals surface area (Å²) in [6.45, 7) is 2.83. The third-order valence-corrected chi connectivity index (χ3v) is 4.76. The molecule has 4 nitrogen and oxygen atoms in total. The lowest BCUT2D eigenvalue weighted by atomic mass is 10.1. The third kappa shape index (κ3) is 4.25. The highest BCUT2D eigenvalue weighted by atomic mass is 79.9. The summed E-state index contributed by atoms with van der Waals surface area (Å²) in [4.78, 5) is 26.2. The minimum absolute atomic E-state index is 0.0583. The Bertz CT molecular complexity index is 808. The number of rotatable bonds is 4. The molecule has 130 valence electrons. The predicted molar refractivity (Wildman–Crippen MR) is 97.4 cm³/mol. The van der Waals surface area contributed by atoms with E-state index < -0.39 is 11.7 Å². The average Bonchev–Trinajstić information content (AvgIpc) is 2.93. The smallest absolute Gasteiger partial charge is 0.229 e. The lowest BCUT2D eigenvalue weighted by Gasteiger charge is -2.17. The van der Waals surface area contributed by atoms with E-state index in [-0.39, 0.29) is 23.9 Å². The Labute approximate surface area is 154 Å². The van der Waals surface area contributed by atoms with Gasteiger partial charge in [0.15, 0.2) is 0 Å². The summed E-state index contributed by atoms with van der Waals surface area (Å²) >= 11 is 3.18. The summed E-state index contributed by atoms with van der Waals surface area (Å²) in [7, 11) is 0. The molecule has 0 spiro atoms. The van der Waals surface area contributed by atoms with Gasteiger partial charge in [0.2, 0.25) is 11.8 Å². The Kier molecular flexibility index (Phi) is 5.18. The molecule has 0 radical (unpaired) electrons. The van der Waals surface area contributed by atoms with Gasteiger partial charge in [0.25, 0.3) is 0 Å². The highest BCUT2D eigenvalue weighted by Gasteiger charge is 2.34. The van der Waals surface area contributed by atoms with E-state index in [4.69, 9.17) is 0 Å². The first kappa shape index (κ1) is 17.6. The number of hydrogen-bond acceptors (Lipinski definition) is 2. The number of carbonyl (C=O) groups excluding carboxylic acids is 2. The predicted octanol–water partition coefficient (Wildman–Crippen LogP) is 3.88. The van der Waals surface area contributed by atoms with Gasteiger partial charge in [-0.15, -0.1) is 0 Å². The van der Waals surface area contributed by atoms with E-state index in [1.54, 1.807) is 11.0 Å². The Hall–Kier alpha value is -2.21. The van der Waals surface area contributed by atoms with E-state index in [9.17, 15) is 14.0 Å². The zero-order chi connectivity index (χ0) is 18.0. The van der Waals surface area contributed by atoms with Gasteiger partial charge >= 0.3 is 0 Å². The van der Waals surface area contributed by atoms with Gasteiger partial charge in [0.05, 0.1) is 11.6 Å². The molecule has 1 N–H and O–H groups in total. The van der Waals surface area contributed by atoms with Crippen LogP contribution >= 0.6 is 15.9 Å². The zero-order valence-electron chi connectivity index (χ0n) is 13.8. The topological polar surface area (TPSA) is 49.4 Å². The van der Waals surface area contributed by atoms with Crippen molar-refractivity contribution in [1.29, 1.82) is 0 Å². The molecular weight excluding hydrogens is 387 g/mol. The molecule has 1 heterocycles. The number of nitrogens with zero attached hydrogens (tertiary/aromatic N) is 1. The minimum Gasteiger partial charge on any atom is -0.338 e. The van der Waals surface area contributed by atoms with Crippen molar-refractivity contribution in [2.45, 2.75) is 19.9 Å². The largest absolute Gasteiger partial charge is 0.338 e. The maximum Gasteiger partial charge on any atom is 0.229 e. The number of aryl methyl sites for hydroxylation is 1. The van der Waals surface area contributed by atoms with Crippen molar-refractivity contribution in [1.82, 2.24) is 4.90 Å². The number of anilines is 1. The fraction of sp³-hybridized carbons (Fsp3) is 0.263. The lowest BCUT2D eigenvalue weighted by molar-refractivity contribution is -0.128. The summed E-state index contributed by atoms with van der Waals surface area (Å²) in [5.74, 6) is -1.37. The van der Waals surface area contributed by atoms with Gasteiger partial charge in [0, 0.05) is 24.0 Å². The van der Waals surface area contributed by atoms with Crippen molar-refractivity contribution >= 4 is 33.4 Å². The van der Waals surface area contributed by atoms with Gasteiger partial charge in [-0.25, -0.2) is 4.39 Å². The maximum atomic E-state index is 13.8. The van der Waals surface area contributed by atoms with E-state index in [1.807, 2.05) is 31.2 Å². The second-order valence-electron chi connectivity index (χ2n) is 6.27. The number of benzene rings is 2. The van der Waals surface area contributed by atoms with E-state index in [1.165, 1.54) is 12.1 Å². The summed E-state index contributed by atoms with van der Waals surface area (Å²) in [6, 6.07) is 12.4. The number of carbonyl (C=O) groups is 2. The SMILES string of the molecule is Cc1ccc(CN2CC(C(=O)Nc3ccc(Br)cc3F)CC2=O)cc1. The number of amides is 2. The molecule has 1 saturated heterocycles. The quantitative estimate of drug-likeness (QED) is 0.840. The number of nitrogens with one attached hydrogen (secondary N) is 1. The Morgan fingerprint density at radius 2 is 2.00 bits per heavy atom.